The van der Waals surface area contributed by atoms with E-state index in [4.69, 9.17) is 9.16 Å². The smallest absolute Gasteiger partial charge is 0.208 e. The Bertz CT molecular complexity index is 304. The predicted octanol–water partition coefficient (Wildman–Crippen LogP) is 1.40. The Balaban J connectivity index is 2.30. The van der Waals surface area contributed by atoms with Crippen molar-refractivity contribution >= 4 is 14.2 Å². The Morgan fingerprint density at radius 2 is 2.00 bits per heavy atom. The highest BCUT2D eigenvalue weighted by Gasteiger charge is 2.11. The normalized spacial score (nSPS) is 12.6. The van der Waals surface area contributed by atoms with Crippen LogP contribution in [0.25, 0.3) is 0 Å². The lowest BCUT2D eigenvalue weighted by molar-refractivity contribution is 0.131. The van der Waals surface area contributed by atoms with E-state index in [1.807, 2.05) is 25.1 Å². The van der Waals surface area contributed by atoms with E-state index >= 15 is 0 Å². The molecule has 0 amide bonds. The number of phenols is 1. The molecule has 0 bridgehead atoms. The van der Waals surface area contributed by atoms with Gasteiger partial charge in [-0.3, -0.25) is 0 Å². The van der Waals surface area contributed by atoms with Crippen molar-refractivity contribution in [1.82, 2.24) is 0 Å². The second kappa shape index (κ2) is 7.43. The summed E-state index contributed by atoms with van der Waals surface area (Å²) in [5.74, 6) is 0.353. The number of hydrogen-bond donors (Lipinski definition) is 1. The van der Waals surface area contributed by atoms with E-state index in [0.29, 0.717) is 12.4 Å². The van der Waals surface area contributed by atoms with Gasteiger partial charge in [-0.15, -0.1) is 0 Å². The van der Waals surface area contributed by atoms with Gasteiger partial charge in [-0.2, -0.15) is 0 Å². The summed E-state index contributed by atoms with van der Waals surface area (Å²) in [4.78, 5) is 0. The fraction of sp³-hybridized carbons (Fsp3) is 0.500. The molecule has 0 saturated heterocycles. The average Bonchev–Trinajstić information content (AvgIpc) is 2.29. The highest BCUT2D eigenvalue weighted by Crippen LogP contribution is 2.05. The molecule has 1 unspecified atom stereocenters. The van der Waals surface area contributed by atoms with Gasteiger partial charge in [0, 0.05) is 25.0 Å². The zero-order valence-electron chi connectivity index (χ0n) is 9.98. The van der Waals surface area contributed by atoms with Crippen LogP contribution in [0.1, 0.15) is 13.3 Å². The quantitative estimate of drug-likeness (QED) is 0.578. The van der Waals surface area contributed by atoms with Gasteiger partial charge in [-0.05, 0) is 26.0 Å². The monoisotopic (exact) mass is 240 g/mol. The van der Waals surface area contributed by atoms with Crippen molar-refractivity contribution in [3.8, 4) is 5.75 Å². The first-order valence-electron chi connectivity index (χ1n) is 5.73. The molecule has 0 heterocycles. The highest BCUT2D eigenvalue weighted by molar-refractivity contribution is 6.67. The molecule has 1 atom stereocenters. The van der Waals surface area contributed by atoms with Crippen molar-refractivity contribution in [3.63, 3.8) is 0 Å². The number of hydrogen-bond acceptors (Lipinski definition) is 3. The predicted molar refractivity (Wildman–Crippen MR) is 67.8 cm³/mol. The first kappa shape index (κ1) is 13.2. The van der Waals surface area contributed by atoms with Gasteiger partial charge in [0.2, 0.25) is 9.04 Å². The van der Waals surface area contributed by atoms with Gasteiger partial charge in [0.1, 0.15) is 5.75 Å². The molecule has 0 aliphatic heterocycles. The van der Waals surface area contributed by atoms with E-state index in [2.05, 4.69) is 6.55 Å². The SMILES string of the molecule is CCOCCCO[SiH](C)c1ccccc1O. The van der Waals surface area contributed by atoms with Crippen LogP contribution in [0.5, 0.6) is 5.75 Å². The number of benzene rings is 1. The minimum Gasteiger partial charge on any atom is -0.508 e. The molecule has 0 radical (unpaired) electrons. The summed E-state index contributed by atoms with van der Waals surface area (Å²) in [6, 6.07) is 7.41. The molecule has 1 aromatic carbocycles. The summed E-state index contributed by atoms with van der Waals surface area (Å²) in [5, 5.41) is 10.6. The first-order chi connectivity index (χ1) is 7.75. The summed E-state index contributed by atoms with van der Waals surface area (Å²) >= 11 is 0. The topological polar surface area (TPSA) is 38.7 Å². The summed E-state index contributed by atoms with van der Waals surface area (Å²) in [7, 11) is -1.46. The second-order valence-electron chi connectivity index (χ2n) is 3.62. The van der Waals surface area contributed by atoms with Crippen molar-refractivity contribution < 1.29 is 14.3 Å². The molecule has 1 aromatic rings. The molecule has 16 heavy (non-hydrogen) atoms. The van der Waals surface area contributed by atoms with Crippen LogP contribution in [-0.2, 0) is 9.16 Å². The van der Waals surface area contributed by atoms with Crippen molar-refractivity contribution in [2.75, 3.05) is 19.8 Å². The average molecular weight is 240 g/mol. The molecule has 0 aliphatic carbocycles. The lowest BCUT2D eigenvalue weighted by atomic mass is 10.3. The van der Waals surface area contributed by atoms with Crippen LogP contribution in [0, 0.1) is 0 Å². The molecule has 0 fully saturated rings. The van der Waals surface area contributed by atoms with Crippen LogP contribution in [0.3, 0.4) is 0 Å². The third-order valence-electron chi connectivity index (χ3n) is 2.38. The maximum Gasteiger partial charge on any atom is 0.208 e. The fourth-order valence-electron chi connectivity index (χ4n) is 1.49. The molecule has 0 aliphatic rings. The van der Waals surface area contributed by atoms with Crippen LogP contribution >= 0.6 is 0 Å². The molecule has 4 heteroatoms. The molecule has 3 nitrogen and oxygen atoms in total. The molecule has 0 saturated carbocycles. The molecule has 1 rings (SSSR count). The van der Waals surface area contributed by atoms with Crippen LogP contribution in [-0.4, -0.2) is 34.0 Å². The summed E-state index contributed by atoms with van der Waals surface area (Å²) in [6.07, 6.45) is 0.915. The summed E-state index contributed by atoms with van der Waals surface area (Å²) in [6.45, 7) is 6.28. The van der Waals surface area contributed by atoms with Crippen molar-refractivity contribution in [2.45, 2.75) is 19.9 Å². The Hall–Kier alpha value is -0.843. The van der Waals surface area contributed by atoms with Gasteiger partial charge in [-0.1, -0.05) is 18.2 Å². The van der Waals surface area contributed by atoms with Crippen molar-refractivity contribution in [2.24, 2.45) is 0 Å². The lowest BCUT2D eigenvalue weighted by Gasteiger charge is -2.13. The van der Waals surface area contributed by atoms with E-state index in [9.17, 15) is 5.11 Å². The maximum atomic E-state index is 9.65. The van der Waals surface area contributed by atoms with Gasteiger partial charge in [0.05, 0.1) is 0 Å². The zero-order chi connectivity index (χ0) is 11.8. The largest absolute Gasteiger partial charge is 0.508 e. The van der Waals surface area contributed by atoms with Crippen LogP contribution < -0.4 is 5.19 Å². The van der Waals surface area contributed by atoms with Gasteiger partial charge >= 0.3 is 0 Å². The number of ether oxygens (including phenoxy) is 1. The third kappa shape index (κ3) is 4.34. The Kier molecular flexibility index (Phi) is 6.14. The molecule has 90 valence electrons. The van der Waals surface area contributed by atoms with E-state index in [0.717, 1.165) is 24.8 Å². The number of phenolic OH excluding ortho intramolecular Hbond substituents is 1. The Morgan fingerprint density at radius 3 is 2.69 bits per heavy atom. The van der Waals surface area contributed by atoms with Gasteiger partial charge < -0.3 is 14.3 Å². The number of aromatic hydroxyl groups is 1. The lowest BCUT2D eigenvalue weighted by Crippen LogP contribution is -2.30. The molecule has 1 N–H and O–H groups in total. The van der Waals surface area contributed by atoms with Crippen molar-refractivity contribution in [3.05, 3.63) is 24.3 Å². The number of para-hydroxylation sites is 1. The zero-order valence-corrected chi connectivity index (χ0v) is 11.1. The molecular formula is C12H20O3Si. The Labute approximate surface area is 98.7 Å². The van der Waals surface area contributed by atoms with Crippen LogP contribution in [0.15, 0.2) is 24.3 Å². The van der Waals surface area contributed by atoms with Crippen molar-refractivity contribution in [1.29, 1.82) is 0 Å². The molecule has 0 spiro atoms. The summed E-state index contributed by atoms with van der Waals surface area (Å²) in [5.41, 5.74) is 0. The Morgan fingerprint density at radius 1 is 1.25 bits per heavy atom. The van der Waals surface area contributed by atoms with E-state index in [-0.39, 0.29) is 0 Å². The van der Waals surface area contributed by atoms with Crippen LogP contribution in [0.4, 0.5) is 0 Å². The number of rotatable bonds is 7. The minimum atomic E-state index is -1.46. The first-order valence-corrected chi connectivity index (χ1v) is 7.93. The second-order valence-corrected chi connectivity index (χ2v) is 5.86. The molecular weight excluding hydrogens is 220 g/mol. The van der Waals surface area contributed by atoms with Gasteiger partial charge in [0.25, 0.3) is 0 Å². The van der Waals surface area contributed by atoms with E-state index in [1.54, 1.807) is 6.07 Å². The fourth-order valence-corrected chi connectivity index (χ4v) is 3.08. The van der Waals surface area contributed by atoms with Gasteiger partial charge in [0.15, 0.2) is 0 Å². The van der Waals surface area contributed by atoms with E-state index < -0.39 is 9.04 Å². The maximum absolute atomic E-state index is 9.65. The standard InChI is InChI=1S/C12H20O3Si/c1-3-14-9-6-10-15-16(2)12-8-5-4-7-11(12)13/h4-5,7-8,13,16H,3,6,9-10H2,1-2H3. The van der Waals surface area contributed by atoms with Crippen LogP contribution in [0.2, 0.25) is 6.55 Å². The summed E-state index contributed by atoms with van der Waals surface area (Å²) < 4.78 is 11.0. The third-order valence-corrected chi connectivity index (χ3v) is 4.48. The highest BCUT2D eigenvalue weighted by atomic mass is 28.3. The van der Waals surface area contributed by atoms with Gasteiger partial charge in [-0.25, -0.2) is 0 Å². The molecule has 0 aromatic heterocycles. The minimum absolute atomic E-state index is 0.353. The van der Waals surface area contributed by atoms with E-state index in [1.165, 1.54) is 0 Å².